The molecule has 0 bridgehead atoms. The lowest BCUT2D eigenvalue weighted by atomic mass is 10.0. The van der Waals surface area contributed by atoms with Gasteiger partial charge in [-0.05, 0) is 55.2 Å². The first-order chi connectivity index (χ1) is 14.7. The average molecular weight is 529 g/mol. The van der Waals surface area contributed by atoms with E-state index in [-0.39, 0.29) is 5.92 Å². The van der Waals surface area contributed by atoms with E-state index in [0.717, 1.165) is 10.0 Å². The summed E-state index contributed by atoms with van der Waals surface area (Å²) in [6.45, 7) is 5.51. The van der Waals surface area contributed by atoms with Crippen molar-refractivity contribution in [3.05, 3.63) is 62.5 Å². The smallest absolute Gasteiger partial charge is 0.262 e. The molecule has 0 radical (unpaired) electrons. The Bertz CT molecular complexity index is 953. The number of nitrogens with one attached hydrogen (secondary N) is 2. The zero-order valence-electron chi connectivity index (χ0n) is 17.4. The summed E-state index contributed by atoms with van der Waals surface area (Å²) in [4.78, 5) is 25.2. The van der Waals surface area contributed by atoms with Crippen LogP contribution in [0.15, 0.2) is 52.0 Å². The molecule has 2 N–H and O–H groups in total. The van der Waals surface area contributed by atoms with Gasteiger partial charge in [-0.3, -0.25) is 9.59 Å². The molecule has 2 aromatic carbocycles. The van der Waals surface area contributed by atoms with E-state index < -0.39 is 24.0 Å². The van der Waals surface area contributed by atoms with E-state index >= 15 is 0 Å². The summed E-state index contributed by atoms with van der Waals surface area (Å²) < 4.78 is 6.53. The van der Waals surface area contributed by atoms with Crippen LogP contribution in [0, 0.1) is 5.92 Å². The fraction of sp³-hybridized carbons (Fsp3) is 0.318. The summed E-state index contributed by atoms with van der Waals surface area (Å²) in [6.07, 6.45) is 1.11. The van der Waals surface area contributed by atoms with Crippen LogP contribution in [0.4, 0.5) is 0 Å². The van der Waals surface area contributed by atoms with Crippen molar-refractivity contribution in [1.29, 1.82) is 0 Å². The van der Waals surface area contributed by atoms with Crippen molar-refractivity contribution < 1.29 is 14.3 Å². The number of carbonyl (C=O) groups excluding carboxylic acids is 2. The monoisotopic (exact) mass is 527 g/mol. The molecule has 0 aliphatic heterocycles. The lowest BCUT2D eigenvalue weighted by Gasteiger charge is -2.22. The highest BCUT2D eigenvalue weighted by atomic mass is 79.9. The van der Waals surface area contributed by atoms with Crippen LogP contribution in [-0.2, 0) is 9.59 Å². The first-order valence-electron chi connectivity index (χ1n) is 9.66. The van der Waals surface area contributed by atoms with Crippen LogP contribution in [0.2, 0.25) is 10.0 Å². The molecule has 0 fully saturated rings. The number of hydrogen-bond acceptors (Lipinski definition) is 4. The lowest BCUT2D eigenvalue weighted by Crippen LogP contribution is -2.49. The Hall–Kier alpha value is -2.09. The Labute approximate surface area is 200 Å². The second kappa shape index (κ2) is 12.1. The van der Waals surface area contributed by atoms with Gasteiger partial charge in [-0.1, -0.05) is 65.1 Å². The summed E-state index contributed by atoms with van der Waals surface area (Å²) in [6, 6.07) is 11.4. The lowest BCUT2D eigenvalue weighted by molar-refractivity contribution is -0.132. The van der Waals surface area contributed by atoms with E-state index in [1.165, 1.54) is 12.3 Å². The highest BCUT2D eigenvalue weighted by molar-refractivity contribution is 9.10. The maximum absolute atomic E-state index is 12.6. The molecule has 2 amide bonds. The summed E-state index contributed by atoms with van der Waals surface area (Å²) >= 11 is 15.4. The van der Waals surface area contributed by atoms with Crippen LogP contribution in [0.1, 0.15) is 32.8 Å². The maximum Gasteiger partial charge on any atom is 0.262 e. The molecule has 0 saturated carbocycles. The largest absolute Gasteiger partial charge is 0.479 e. The van der Waals surface area contributed by atoms with Gasteiger partial charge in [0.2, 0.25) is 0 Å². The molecule has 2 atom stereocenters. The fourth-order valence-corrected chi connectivity index (χ4v) is 3.51. The van der Waals surface area contributed by atoms with Gasteiger partial charge in [0.25, 0.3) is 11.8 Å². The van der Waals surface area contributed by atoms with E-state index in [1.807, 2.05) is 38.1 Å². The van der Waals surface area contributed by atoms with Crippen LogP contribution < -0.4 is 15.5 Å². The molecule has 31 heavy (non-hydrogen) atoms. The van der Waals surface area contributed by atoms with Gasteiger partial charge in [-0.25, -0.2) is 5.43 Å². The van der Waals surface area contributed by atoms with Crippen molar-refractivity contribution in [2.24, 2.45) is 11.0 Å². The van der Waals surface area contributed by atoms with Crippen LogP contribution in [-0.4, -0.2) is 30.2 Å². The van der Waals surface area contributed by atoms with Crippen LogP contribution in [0.5, 0.6) is 5.75 Å². The van der Waals surface area contributed by atoms with Crippen molar-refractivity contribution in [3.8, 4) is 5.75 Å². The van der Waals surface area contributed by atoms with Crippen molar-refractivity contribution in [2.75, 3.05) is 0 Å². The van der Waals surface area contributed by atoms with Gasteiger partial charge in [0.15, 0.2) is 6.10 Å². The molecule has 0 saturated heterocycles. The zero-order chi connectivity index (χ0) is 23.0. The predicted octanol–water partition coefficient (Wildman–Crippen LogP) is 5.20. The molecule has 2 aromatic rings. The third-order valence-corrected chi connectivity index (χ3v) is 5.17. The van der Waals surface area contributed by atoms with E-state index in [2.05, 4.69) is 31.8 Å². The van der Waals surface area contributed by atoms with E-state index in [9.17, 15) is 9.59 Å². The third-order valence-electron chi connectivity index (χ3n) is 4.14. The van der Waals surface area contributed by atoms with Gasteiger partial charge >= 0.3 is 0 Å². The summed E-state index contributed by atoms with van der Waals surface area (Å²) in [5.41, 5.74) is 3.31. The Morgan fingerprint density at radius 3 is 2.52 bits per heavy atom. The average Bonchev–Trinajstić information content (AvgIpc) is 2.69. The van der Waals surface area contributed by atoms with Crippen LogP contribution in [0.3, 0.4) is 0 Å². The number of halogens is 3. The van der Waals surface area contributed by atoms with Gasteiger partial charge < -0.3 is 10.1 Å². The number of benzene rings is 2. The minimum absolute atomic E-state index is 0.173. The number of nitrogens with zero attached hydrogens (tertiary/aromatic N) is 1. The van der Waals surface area contributed by atoms with Gasteiger partial charge in [0.05, 0.1) is 11.2 Å². The number of rotatable bonds is 9. The molecule has 0 spiro atoms. The molecule has 2 rings (SSSR count). The maximum atomic E-state index is 12.6. The molecule has 0 aliphatic rings. The topological polar surface area (TPSA) is 79.8 Å². The number of hydrazone groups is 1. The van der Waals surface area contributed by atoms with Crippen molar-refractivity contribution in [1.82, 2.24) is 10.7 Å². The fourth-order valence-electron chi connectivity index (χ4n) is 2.64. The number of carbonyl (C=O) groups is 2. The molecule has 0 unspecified atom stereocenters. The first kappa shape index (κ1) is 25.2. The Kier molecular flexibility index (Phi) is 9.81. The molecule has 166 valence electrons. The Morgan fingerprint density at radius 1 is 1.13 bits per heavy atom. The predicted molar refractivity (Wildman–Crippen MR) is 128 cm³/mol. The van der Waals surface area contributed by atoms with E-state index in [0.29, 0.717) is 22.2 Å². The van der Waals surface area contributed by atoms with Crippen molar-refractivity contribution >= 4 is 57.2 Å². The minimum Gasteiger partial charge on any atom is -0.479 e. The normalized spacial score (nSPS) is 13.1. The Balaban J connectivity index is 2.00. The standard InChI is InChI=1S/C22H24BrCl2N3O3/c1-13(2)9-19(22(30)28-26-12-15-5-4-6-16(23)10-15)27-21(29)14(3)31-20-8-7-17(24)11-18(20)25/h4-8,10-14,19H,9H2,1-3H3,(H,27,29)(H,28,30)/b26-12-/t14-,19-/m1/s1. The van der Waals surface area contributed by atoms with Gasteiger partial charge in [0.1, 0.15) is 11.8 Å². The number of amides is 2. The SMILES string of the molecule is CC(C)C[C@@H](NC(=O)[C@@H](C)Oc1ccc(Cl)cc1Cl)C(=O)N/N=C\c1cccc(Br)c1. The Morgan fingerprint density at radius 2 is 1.87 bits per heavy atom. The molecule has 0 heterocycles. The molecule has 0 aromatic heterocycles. The van der Waals surface area contributed by atoms with Gasteiger partial charge in [-0.15, -0.1) is 0 Å². The second-order valence-corrected chi connectivity index (χ2v) is 9.07. The zero-order valence-corrected chi connectivity index (χ0v) is 20.5. The van der Waals surface area contributed by atoms with Gasteiger partial charge in [-0.2, -0.15) is 5.10 Å². The van der Waals surface area contributed by atoms with Crippen LogP contribution >= 0.6 is 39.1 Å². The second-order valence-electron chi connectivity index (χ2n) is 7.31. The quantitative estimate of drug-likeness (QED) is 0.346. The van der Waals surface area contributed by atoms with E-state index in [1.54, 1.807) is 19.1 Å². The minimum atomic E-state index is -0.869. The van der Waals surface area contributed by atoms with Gasteiger partial charge in [0, 0.05) is 9.50 Å². The number of ether oxygens (including phenoxy) is 1. The highest BCUT2D eigenvalue weighted by Gasteiger charge is 2.25. The summed E-state index contributed by atoms with van der Waals surface area (Å²) in [5.74, 6) is -0.350. The molecule has 6 nitrogen and oxygen atoms in total. The van der Waals surface area contributed by atoms with Crippen LogP contribution in [0.25, 0.3) is 0 Å². The summed E-state index contributed by atoms with van der Waals surface area (Å²) in [5, 5.41) is 7.48. The van der Waals surface area contributed by atoms with Crippen molar-refractivity contribution in [2.45, 2.75) is 39.3 Å². The highest BCUT2D eigenvalue weighted by Crippen LogP contribution is 2.28. The summed E-state index contributed by atoms with van der Waals surface area (Å²) in [7, 11) is 0. The molecule has 9 heteroatoms. The first-order valence-corrected chi connectivity index (χ1v) is 11.2. The third kappa shape index (κ3) is 8.51. The van der Waals surface area contributed by atoms with E-state index in [4.69, 9.17) is 27.9 Å². The van der Waals surface area contributed by atoms with Crippen molar-refractivity contribution in [3.63, 3.8) is 0 Å². The number of hydrogen-bond donors (Lipinski definition) is 2. The molecule has 0 aliphatic carbocycles. The molecular weight excluding hydrogens is 505 g/mol. The molecular formula is C22H24BrCl2N3O3.